The van der Waals surface area contributed by atoms with Gasteiger partial charge in [-0.25, -0.2) is 24.3 Å². The molecule has 1 N–H and O–H groups in total. The Bertz CT molecular complexity index is 1970. The molecule has 0 bridgehead atoms. The van der Waals surface area contributed by atoms with E-state index in [2.05, 4.69) is 25.6 Å². The zero-order chi connectivity index (χ0) is 29.5. The van der Waals surface area contributed by atoms with Gasteiger partial charge in [0, 0.05) is 55.4 Å². The van der Waals surface area contributed by atoms with Crippen molar-refractivity contribution in [3.63, 3.8) is 0 Å². The van der Waals surface area contributed by atoms with Crippen LogP contribution in [-0.4, -0.2) is 74.1 Å². The number of nitrogens with zero attached hydrogens (tertiary/aromatic N) is 9. The third kappa shape index (κ3) is 4.96. The summed E-state index contributed by atoms with van der Waals surface area (Å²) in [5.74, 6) is -0.0160. The topological polar surface area (TPSA) is 118 Å². The Balaban J connectivity index is 1.30. The molecule has 11 nitrogen and oxygen atoms in total. The summed E-state index contributed by atoms with van der Waals surface area (Å²) in [7, 11) is 3.79. The summed E-state index contributed by atoms with van der Waals surface area (Å²) in [6.07, 6.45) is 6.71. The van der Waals surface area contributed by atoms with E-state index >= 15 is 4.39 Å². The summed E-state index contributed by atoms with van der Waals surface area (Å²) in [5.41, 5.74) is 2.24. The van der Waals surface area contributed by atoms with Crippen molar-refractivity contribution in [2.75, 3.05) is 37.0 Å². The molecule has 1 aromatic carbocycles. The van der Waals surface area contributed by atoms with Crippen LogP contribution in [0.1, 0.15) is 23.2 Å². The smallest absolute Gasteiger partial charge is 0.262 e. The van der Waals surface area contributed by atoms with Crippen LogP contribution in [0.2, 0.25) is 0 Å². The lowest BCUT2D eigenvalue weighted by atomic mass is 10.0. The predicted octanol–water partition coefficient (Wildman–Crippen LogP) is 4.49. The number of halogens is 1. The van der Waals surface area contributed by atoms with Crippen molar-refractivity contribution in [2.24, 2.45) is 0 Å². The highest BCUT2D eigenvalue weighted by Crippen LogP contribution is 2.38. The average molecular weight is 595 g/mol. The van der Waals surface area contributed by atoms with Gasteiger partial charge in [-0.1, -0.05) is 5.21 Å². The van der Waals surface area contributed by atoms with E-state index in [4.69, 9.17) is 9.97 Å². The minimum atomic E-state index is -0.661. The molecule has 0 saturated carbocycles. The van der Waals surface area contributed by atoms with E-state index in [9.17, 15) is 4.79 Å². The van der Waals surface area contributed by atoms with Gasteiger partial charge in [0.2, 0.25) is 5.95 Å². The Labute approximate surface area is 250 Å². The predicted molar refractivity (Wildman–Crippen MR) is 164 cm³/mol. The number of rotatable bonds is 6. The molecule has 1 amide bonds. The SMILES string of the molecule is CN(C)c1nccc(-c2cc3c(N(C(=O)c4ccc(-n5nnc6cccnc65)cc4F)[C@@H]4CCCNC4)nccc3s2)n1. The number of benzene rings is 1. The van der Waals surface area contributed by atoms with Gasteiger partial charge in [0.15, 0.2) is 5.65 Å². The summed E-state index contributed by atoms with van der Waals surface area (Å²) >= 11 is 1.56. The largest absolute Gasteiger partial charge is 0.347 e. The third-order valence-corrected chi connectivity index (χ3v) is 8.56. The molecule has 0 spiro atoms. The fraction of sp³-hybridized carbons (Fsp3) is 0.233. The Hall–Kier alpha value is -4.88. The molecule has 0 aliphatic carbocycles. The van der Waals surface area contributed by atoms with Crippen molar-refractivity contribution in [1.29, 1.82) is 0 Å². The number of fused-ring (bicyclic) bond motifs is 2. The quantitative estimate of drug-likeness (QED) is 0.298. The Morgan fingerprint density at radius 3 is 2.77 bits per heavy atom. The number of hydrogen-bond donors (Lipinski definition) is 1. The molecular formula is C30H27FN10OS. The van der Waals surface area contributed by atoms with Gasteiger partial charge in [-0.05, 0) is 61.9 Å². The van der Waals surface area contributed by atoms with Crippen molar-refractivity contribution in [3.8, 4) is 16.3 Å². The maximum Gasteiger partial charge on any atom is 0.262 e. The number of carbonyl (C=O) groups excluding carboxylic acids is 1. The summed E-state index contributed by atoms with van der Waals surface area (Å²) in [6.45, 7) is 1.44. The number of piperidine rings is 1. The van der Waals surface area contributed by atoms with Crippen LogP contribution in [0.25, 0.3) is 37.5 Å². The number of thiophene rings is 1. The Morgan fingerprint density at radius 1 is 1.07 bits per heavy atom. The molecule has 1 aliphatic heterocycles. The van der Waals surface area contributed by atoms with Crippen LogP contribution in [0.5, 0.6) is 0 Å². The van der Waals surface area contributed by atoms with Gasteiger partial charge in [0.1, 0.15) is 17.2 Å². The summed E-state index contributed by atoms with van der Waals surface area (Å²) < 4.78 is 18.2. The minimum Gasteiger partial charge on any atom is -0.347 e. The lowest BCUT2D eigenvalue weighted by Crippen LogP contribution is -2.49. The van der Waals surface area contributed by atoms with E-state index in [1.165, 1.54) is 16.8 Å². The van der Waals surface area contributed by atoms with Crippen LogP contribution in [0, 0.1) is 5.82 Å². The van der Waals surface area contributed by atoms with Gasteiger partial charge >= 0.3 is 0 Å². The lowest BCUT2D eigenvalue weighted by molar-refractivity contribution is 0.0968. The van der Waals surface area contributed by atoms with Gasteiger partial charge in [0.25, 0.3) is 5.91 Å². The first-order chi connectivity index (χ1) is 21.0. The molecule has 216 valence electrons. The standard InChI is InChI=1S/C30H27FN10OS/c1-39(2)30-35-13-9-23(36-30)26-16-21-25(43-26)10-14-34-27(21)40(19-5-3-11-32-17-19)29(42)20-8-7-18(15-22(20)31)41-28-24(37-38-41)6-4-12-33-28/h4,6-10,12-16,19,32H,3,5,11,17H2,1-2H3/t19-/m1/s1. The summed E-state index contributed by atoms with van der Waals surface area (Å²) in [5, 5.41) is 12.4. The van der Waals surface area contributed by atoms with Crippen LogP contribution in [-0.2, 0) is 0 Å². The fourth-order valence-electron chi connectivity index (χ4n) is 5.33. The Kier molecular flexibility index (Phi) is 6.95. The van der Waals surface area contributed by atoms with E-state index in [1.807, 2.05) is 37.2 Å². The highest BCUT2D eigenvalue weighted by Gasteiger charge is 2.32. The van der Waals surface area contributed by atoms with Gasteiger partial charge < -0.3 is 10.2 Å². The zero-order valence-corrected chi connectivity index (χ0v) is 24.3. The van der Waals surface area contributed by atoms with Crippen LogP contribution in [0.4, 0.5) is 16.2 Å². The van der Waals surface area contributed by atoms with E-state index in [0.717, 1.165) is 40.0 Å². The summed E-state index contributed by atoms with van der Waals surface area (Å²) in [4.78, 5) is 36.7. The third-order valence-electron chi connectivity index (χ3n) is 7.44. The molecule has 1 atom stereocenters. The minimum absolute atomic E-state index is 0.0487. The molecule has 6 heterocycles. The van der Waals surface area contributed by atoms with Crippen molar-refractivity contribution >= 4 is 50.3 Å². The molecule has 5 aromatic heterocycles. The molecule has 0 unspecified atom stereocenters. The number of pyridine rings is 2. The van der Waals surface area contributed by atoms with Crippen LogP contribution in [0.3, 0.4) is 0 Å². The maximum absolute atomic E-state index is 15.8. The average Bonchev–Trinajstić information content (AvgIpc) is 3.67. The second-order valence-corrected chi connectivity index (χ2v) is 11.6. The van der Waals surface area contributed by atoms with Crippen molar-refractivity contribution < 1.29 is 9.18 Å². The monoisotopic (exact) mass is 594 g/mol. The first kappa shape index (κ1) is 27.0. The highest BCUT2D eigenvalue weighted by molar-refractivity contribution is 7.22. The first-order valence-corrected chi connectivity index (χ1v) is 14.7. The van der Waals surface area contributed by atoms with E-state index in [-0.39, 0.29) is 11.6 Å². The number of anilines is 2. The van der Waals surface area contributed by atoms with Crippen LogP contribution in [0.15, 0.2) is 67.1 Å². The Morgan fingerprint density at radius 2 is 1.95 bits per heavy atom. The molecule has 1 fully saturated rings. The summed E-state index contributed by atoms with van der Waals surface area (Å²) in [6, 6.07) is 13.6. The molecule has 1 saturated heterocycles. The normalized spacial score (nSPS) is 15.2. The second kappa shape index (κ2) is 11.1. The van der Waals surface area contributed by atoms with E-state index in [0.29, 0.717) is 35.2 Å². The maximum atomic E-state index is 15.8. The number of nitrogens with one attached hydrogen (secondary N) is 1. The fourth-order valence-corrected chi connectivity index (χ4v) is 6.36. The zero-order valence-electron chi connectivity index (χ0n) is 23.5. The number of hydrogen-bond acceptors (Lipinski definition) is 10. The molecular weight excluding hydrogens is 567 g/mol. The molecule has 1 aliphatic rings. The molecule has 13 heteroatoms. The number of amides is 1. The van der Waals surface area contributed by atoms with Gasteiger partial charge in [0.05, 0.1) is 27.9 Å². The number of aromatic nitrogens is 7. The van der Waals surface area contributed by atoms with Gasteiger partial charge in [-0.2, -0.15) is 4.68 Å². The molecule has 7 rings (SSSR count). The lowest BCUT2D eigenvalue weighted by Gasteiger charge is -2.34. The second-order valence-electron chi connectivity index (χ2n) is 10.5. The highest BCUT2D eigenvalue weighted by atomic mass is 32.1. The van der Waals surface area contributed by atoms with Crippen LogP contribution < -0.4 is 15.1 Å². The van der Waals surface area contributed by atoms with Gasteiger partial charge in [-0.3, -0.25) is 9.69 Å². The van der Waals surface area contributed by atoms with Crippen molar-refractivity contribution in [2.45, 2.75) is 18.9 Å². The molecule has 6 aromatic rings. The van der Waals surface area contributed by atoms with Gasteiger partial charge in [-0.15, -0.1) is 16.4 Å². The van der Waals surface area contributed by atoms with Crippen molar-refractivity contribution in [1.82, 2.24) is 40.2 Å². The first-order valence-electron chi connectivity index (χ1n) is 13.9. The van der Waals surface area contributed by atoms with Crippen LogP contribution >= 0.6 is 11.3 Å². The molecule has 0 radical (unpaired) electrons. The van der Waals surface area contributed by atoms with E-state index in [1.54, 1.807) is 53.0 Å². The molecule has 43 heavy (non-hydrogen) atoms. The van der Waals surface area contributed by atoms with E-state index < -0.39 is 11.7 Å². The van der Waals surface area contributed by atoms with Crippen molar-refractivity contribution in [3.05, 3.63) is 78.5 Å². The number of carbonyl (C=O) groups is 1.